The molecule has 1 aliphatic heterocycles. The van der Waals surface area contributed by atoms with Gasteiger partial charge in [-0.1, -0.05) is 43.9 Å². The molecule has 1 N–H and O–H groups in total. The summed E-state index contributed by atoms with van der Waals surface area (Å²) in [5.41, 5.74) is 2.64. The van der Waals surface area contributed by atoms with Gasteiger partial charge in [0.05, 0.1) is 0 Å². The van der Waals surface area contributed by atoms with E-state index in [1.165, 1.54) is 49.8 Å². The van der Waals surface area contributed by atoms with Crippen molar-refractivity contribution in [3.05, 3.63) is 42.1 Å². The maximum Gasteiger partial charge on any atom is 0.231 e. The molecule has 0 radical (unpaired) electrons. The summed E-state index contributed by atoms with van der Waals surface area (Å²) >= 11 is 0. The monoisotopic (exact) mass is 308 g/mol. The van der Waals surface area contributed by atoms with E-state index in [0.29, 0.717) is 6.04 Å². The topological polar surface area (TPSA) is 41.1 Å². The largest absolute Gasteiger partial charge is 0.367 e. The number of hydrogen-bond acceptors (Lipinski definition) is 4. The third-order valence-electron chi connectivity index (χ3n) is 4.98. The third-order valence-corrected chi connectivity index (χ3v) is 4.98. The van der Waals surface area contributed by atoms with Crippen LogP contribution in [0, 0.1) is 0 Å². The highest BCUT2D eigenvalue weighted by molar-refractivity contribution is 5.66. The van der Waals surface area contributed by atoms with Crippen molar-refractivity contribution < 1.29 is 0 Å². The van der Waals surface area contributed by atoms with E-state index >= 15 is 0 Å². The lowest BCUT2D eigenvalue weighted by atomic mass is 10.1. The van der Waals surface area contributed by atoms with E-state index in [4.69, 9.17) is 4.98 Å². The van der Waals surface area contributed by atoms with E-state index in [0.717, 1.165) is 24.7 Å². The molecule has 0 spiro atoms. The van der Waals surface area contributed by atoms with E-state index in [9.17, 15) is 0 Å². The van der Waals surface area contributed by atoms with Crippen LogP contribution in [0.4, 0.5) is 17.5 Å². The summed E-state index contributed by atoms with van der Waals surface area (Å²) in [7, 11) is 0. The van der Waals surface area contributed by atoms with Crippen molar-refractivity contribution >= 4 is 17.5 Å². The number of nitrogens with one attached hydrogen (secondary N) is 1. The standard InChI is InChI=1S/C19H24N4/c1-2-4-9-16(8-3-1)21-18-11-13-20-19(22-18)23-14-12-15-7-5-6-10-17(15)23/h5-7,10-11,13,16H,1-4,8-9,12,14H2,(H,20,21,22). The first-order chi connectivity index (χ1) is 11.4. The first kappa shape index (κ1) is 14.5. The molecular formula is C19H24N4. The Hall–Kier alpha value is -2.10. The molecule has 1 fully saturated rings. The average molecular weight is 308 g/mol. The van der Waals surface area contributed by atoms with E-state index in [1.54, 1.807) is 0 Å². The Labute approximate surface area is 138 Å². The molecule has 23 heavy (non-hydrogen) atoms. The van der Waals surface area contributed by atoms with Gasteiger partial charge in [0, 0.05) is 24.5 Å². The highest BCUT2D eigenvalue weighted by Gasteiger charge is 2.22. The van der Waals surface area contributed by atoms with Crippen molar-refractivity contribution in [2.75, 3.05) is 16.8 Å². The van der Waals surface area contributed by atoms with Crippen LogP contribution >= 0.6 is 0 Å². The molecule has 2 aromatic rings. The second-order valence-electron chi connectivity index (χ2n) is 6.61. The summed E-state index contributed by atoms with van der Waals surface area (Å²) in [6, 6.07) is 11.1. The second-order valence-corrected chi connectivity index (χ2v) is 6.61. The molecule has 2 aliphatic rings. The molecule has 0 atom stereocenters. The minimum atomic E-state index is 0.561. The summed E-state index contributed by atoms with van der Waals surface area (Å²) in [5.74, 6) is 1.78. The third kappa shape index (κ3) is 3.16. The Balaban J connectivity index is 1.53. The lowest BCUT2D eigenvalue weighted by molar-refractivity contribution is 0.617. The van der Waals surface area contributed by atoms with Crippen LogP contribution in [0.2, 0.25) is 0 Å². The van der Waals surface area contributed by atoms with Gasteiger partial charge in [0.25, 0.3) is 0 Å². The Morgan fingerprint density at radius 1 is 1.00 bits per heavy atom. The summed E-state index contributed by atoms with van der Waals surface area (Å²) in [5, 5.41) is 3.63. The normalized spacial score (nSPS) is 18.5. The molecule has 120 valence electrons. The van der Waals surface area contributed by atoms with Crippen LogP contribution in [0.1, 0.15) is 44.1 Å². The Morgan fingerprint density at radius 2 is 1.83 bits per heavy atom. The van der Waals surface area contributed by atoms with Crippen LogP contribution in [0.15, 0.2) is 36.5 Å². The van der Waals surface area contributed by atoms with Crippen LogP contribution in [0.3, 0.4) is 0 Å². The van der Waals surface area contributed by atoms with Crippen molar-refractivity contribution in [1.82, 2.24) is 9.97 Å². The first-order valence-corrected chi connectivity index (χ1v) is 8.85. The van der Waals surface area contributed by atoms with E-state index in [-0.39, 0.29) is 0 Å². The van der Waals surface area contributed by atoms with Crippen LogP contribution in [-0.2, 0) is 6.42 Å². The Morgan fingerprint density at radius 3 is 2.70 bits per heavy atom. The van der Waals surface area contributed by atoms with Gasteiger partial charge in [-0.15, -0.1) is 0 Å². The van der Waals surface area contributed by atoms with Gasteiger partial charge in [-0.25, -0.2) is 4.98 Å². The van der Waals surface area contributed by atoms with Gasteiger partial charge in [0.2, 0.25) is 5.95 Å². The van der Waals surface area contributed by atoms with Gasteiger partial charge in [-0.2, -0.15) is 4.98 Å². The second kappa shape index (κ2) is 6.57. The number of nitrogens with zero attached hydrogens (tertiary/aromatic N) is 3. The van der Waals surface area contributed by atoms with Crippen molar-refractivity contribution in [3.8, 4) is 0 Å². The number of aromatic nitrogens is 2. The average Bonchev–Trinajstić information content (AvgIpc) is 2.85. The summed E-state index contributed by atoms with van der Waals surface area (Å²) < 4.78 is 0. The van der Waals surface area contributed by atoms with E-state index < -0.39 is 0 Å². The number of fused-ring (bicyclic) bond motifs is 1. The molecule has 1 aromatic carbocycles. The number of para-hydroxylation sites is 1. The molecule has 4 rings (SSSR count). The van der Waals surface area contributed by atoms with Crippen LogP contribution < -0.4 is 10.2 Å². The fourth-order valence-corrected chi connectivity index (χ4v) is 3.74. The van der Waals surface area contributed by atoms with Gasteiger partial charge >= 0.3 is 0 Å². The summed E-state index contributed by atoms with van der Waals surface area (Å²) in [6.07, 6.45) is 10.9. The highest BCUT2D eigenvalue weighted by Crippen LogP contribution is 2.32. The molecule has 0 saturated heterocycles. The van der Waals surface area contributed by atoms with Crippen molar-refractivity contribution in [2.45, 2.75) is 51.0 Å². The minimum absolute atomic E-state index is 0.561. The van der Waals surface area contributed by atoms with Crippen molar-refractivity contribution in [3.63, 3.8) is 0 Å². The Bertz CT molecular complexity index is 662. The molecule has 0 amide bonds. The molecule has 1 aliphatic carbocycles. The zero-order valence-electron chi connectivity index (χ0n) is 13.5. The first-order valence-electron chi connectivity index (χ1n) is 8.85. The highest BCUT2D eigenvalue weighted by atomic mass is 15.3. The molecule has 4 nitrogen and oxygen atoms in total. The van der Waals surface area contributed by atoms with Gasteiger partial charge in [0.15, 0.2) is 0 Å². The molecule has 1 saturated carbocycles. The number of rotatable bonds is 3. The molecule has 1 aromatic heterocycles. The van der Waals surface area contributed by atoms with Crippen molar-refractivity contribution in [2.24, 2.45) is 0 Å². The predicted molar refractivity (Wildman–Crippen MR) is 94.3 cm³/mol. The molecule has 0 bridgehead atoms. The van der Waals surface area contributed by atoms with Crippen molar-refractivity contribution in [1.29, 1.82) is 0 Å². The molecular weight excluding hydrogens is 284 g/mol. The zero-order valence-corrected chi connectivity index (χ0v) is 13.5. The minimum Gasteiger partial charge on any atom is -0.367 e. The lowest BCUT2D eigenvalue weighted by Gasteiger charge is -2.20. The van der Waals surface area contributed by atoms with Gasteiger partial charge in [0.1, 0.15) is 5.82 Å². The van der Waals surface area contributed by atoms with Gasteiger partial charge in [-0.3, -0.25) is 0 Å². The predicted octanol–water partition coefficient (Wildman–Crippen LogP) is 4.31. The fraction of sp³-hybridized carbons (Fsp3) is 0.474. The lowest BCUT2D eigenvalue weighted by Crippen LogP contribution is -2.21. The zero-order chi connectivity index (χ0) is 15.5. The van der Waals surface area contributed by atoms with Gasteiger partial charge in [-0.05, 0) is 37.0 Å². The molecule has 0 unspecified atom stereocenters. The maximum absolute atomic E-state index is 4.78. The maximum atomic E-state index is 4.78. The number of anilines is 3. The van der Waals surface area contributed by atoms with E-state index in [2.05, 4.69) is 39.5 Å². The van der Waals surface area contributed by atoms with Gasteiger partial charge < -0.3 is 10.2 Å². The fourth-order valence-electron chi connectivity index (χ4n) is 3.74. The smallest absolute Gasteiger partial charge is 0.231 e. The SMILES string of the molecule is c1ccc2c(c1)CCN2c1nccc(NC2CCCCCC2)n1. The van der Waals surface area contributed by atoms with Crippen LogP contribution in [0.25, 0.3) is 0 Å². The summed E-state index contributed by atoms with van der Waals surface area (Å²) in [4.78, 5) is 11.5. The number of benzene rings is 1. The van der Waals surface area contributed by atoms with E-state index in [1.807, 2.05) is 12.3 Å². The molecule has 2 heterocycles. The molecule has 4 heteroatoms. The number of hydrogen-bond donors (Lipinski definition) is 1. The van der Waals surface area contributed by atoms with Crippen LogP contribution in [0.5, 0.6) is 0 Å². The quantitative estimate of drug-likeness (QED) is 0.858. The Kier molecular flexibility index (Phi) is 4.14. The summed E-state index contributed by atoms with van der Waals surface area (Å²) in [6.45, 7) is 0.965. The van der Waals surface area contributed by atoms with Crippen LogP contribution in [-0.4, -0.2) is 22.6 Å².